The fourth-order valence-corrected chi connectivity index (χ4v) is 3.39. The summed E-state index contributed by atoms with van der Waals surface area (Å²) in [5.41, 5.74) is 0.745. The third-order valence-corrected chi connectivity index (χ3v) is 5.19. The van der Waals surface area contributed by atoms with Gasteiger partial charge < -0.3 is 9.88 Å². The second kappa shape index (κ2) is 7.15. The molecule has 26 heavy (non-hydrogen) atoms. The van der Waals surface area contributed by atoms with Crippen LogP contribution >= 0.6 is 0 Å². The summed E-state index contributed by atoms with van der Waals surface area (Å²) in [6, 6.07) is 10.2. The van der Waals surface area contributed by atoms with Gasteiger partial charge in [0.25, 0.3) is 5.56 Å². The number of aromatic nitrogens is 2. The third-order valence-electron chi connectivity index (χ3n) is 5.19. The number of hydrogen-bond donors (Lipinski definition) is 1. The average Bonchev–Trinajstić information content (AvgIpc) is 2.62. The van der Waals surface area contributed by atoms with Gasteiger partial charge in [-0.2, -0.15) is 0 Å². The summed E-state index contributed by atoms with van der Waals surface area (Å²) in [6.45, 7) is 0.575. The molecular formula is C20H23N3O3. The highest BCUT2D eigenvalue weighted by molar-refractivity contribution is 5.91. The van der Waals surface area contributed by atoms with Crippen molar-refractivity contribution < 1.29 is 4.79 Å². The lowest BCUT2D eigenvalue weighted by molar-refractivity contribution is -0.116. The van der Waals surface area contributed by atoms with E-state index in [1.165, 1.54) is 35.5 Å². The molecule has 0 aliphatic heterocycles. The summed E-state index contributed by atoms with van der Waals surface area (Å²) in [4.78, 5) is 36.0. The predicted molar refractivity (Wildman–Crippen MR) is 101 cm³/mol. The highest BCUT2D eigenvalue weighted by atomic mass is 16.2. The standard InChI is InChI=1S/C20H23N3O3/c1-22-13-15(18(25)23(2)19(22)26)9-10-17(24)21-14-20(11-6-12-20)16-7-4-3-5-8-16/h3-5,7-10,13H,6,11-12,14H2,1-2H3,(H,21,24)/b10-9+. The first-order valence-electron chi connectivity index (χ1n) is 8.71. The molecule has 1 N–H and O–H groups in total. The molecule has 0 spiro atoms. The van der Waals surface area contributed by atoms with Crippen LogP contribution in [-0.2, 0) is 24.3 Å². The van der Waals surface area contributed by atoms with Gasteiger partial charge in [-0.05, 0) is 24.5 Å². The molecule has 1 fully saturated rings. The molecule has 136 valence electrons. The molecule has 6 nitrogen and oxygen atoms in total. The van der Waals surface area contributed by atoms with E-state index in [0.717, 1.165) is 23.8 Å². The molecule has 3 rings (SSSR count). The first-order chi connectivity index (χ1) is 12.4. The van der Waals surface area contributed by atoms with Crippen LogP contribution in [0.4, 0.5) is 0 Å². The number of amides is 1. The number of rotatable bonds is 5. The zero-order chi connectivity index (χ0) is 18.7. The quantitative estimate of drug-likeness (QED) is 0.825. The molecule has 0 bridgehead atoms. The van der Waals surface area contributed by atoms with Gasteiger partial charge in [0.1, 0.15) is 0 Å². The van der Waals surface area contributed by atoms with Gasteiger partial charge in [0, 0.05) is 38.3 Å². The zero-order valence-electron chi connectivity index (χ0n) is 15.1. The van der Waals surface area contributed by atoms with Gasteiger partial charge in [0.05, 0.1) is 5.56 Å². The number of carbonyl (C=O) groups excluding carboxylic acids is 1. The van der Waals surface area contributed by atoms with E-state index in [0.29, 0.717) is 12.1 Å². The Morgan fingerprint density at radius 3 is 2.50 bits per heavy atom. The summed E-state index contributed by atoms with van der Waals surface area (Å²) in [6.07, 6.45) is 7.51. The molecule has 2 aromatic rings. The van der Waals surface area contributed by atoms with Crippen LogP contribution in [0, 0.1) is 0 Å². The van der Waals surface area contributed by atoms with Crippen LogP contribution < -0.4 is 16.6 Å². The van der Waals surface area contributed by atoms with Gasteiger partial charge in [-0.1, -0.05) is 36.8 Å². The largest absolute Gasteiger partial charge is 0.352 e. The molecule has 0 saturated heterocycles. The number of nitrogens with one attached hydrogen (secondary N) is 1. The van der Waals surface area contributed by atoms with Crippen molar-refractivity contribution in [3.05, 3.63) is 74.6 Å². The first-order valence-corrected chi connectivity index (χ1v) is 8.71. The Morgan fingerprint density at radius 2 is 1.88 bits per heavy atom. The Balaban J connectivity index is 1.69. The van der Waals surface area contributed by atoms with E-state index in [-0.39, 0.29) is 11.3 Å². The number of benzene rings is 1. The Labute approximate surface area is 151 Å². The van der Waals surface area contributed by atoms with Gasteiger partial charge in [0.2, 0.25) is 5.91 Å². The molecule has 0 radical (unpaired) electrons. The van der Waals surface area contributed by atoms with E-state index in [2.05, 4.69) is 17.4 Å². The summed E-state index contributed by atoms with van der Waals surface area (Å²) in [7, 11) is 2.99. The Morgan fingerprint density at radius 1 is 1.19 bits per heavy atom. The van der Waals surface area contributed by atoms with Crippen LogP contribution in [0.1, 0.15) is 30.4 Å². The monoisotopic (exact) mass is 353 g/mol. The molecule has 1 amide bonds. The molecule has 1 aromatic carbocycles. The molecule has 1 saturated carbocycles. The van der Waals surface area contributed by atoms with E-state index >= 15 is 0 Å². The molecular weight excluding hydrogens is 330 g/mol. The van der Waals surface area contributed by atoms with E-state index in [9.17, 15) is 14.4 Å². The minimum atomic E-state index is -0.420. The topological polar surface area (TPSA) is 73.1 Å². The fourth-order valence-electron chi connectivity index (χ4n) is 3.39. The maximum atomic E-state index is 12.2. The second-order valence-corrected chi connectivity index (χ2v) is 6.89. The molecule has 0 unspecified atom stereocenters. The third kappa shape index (κ3) is 3.40. The minimum Gasteiger partial charge on any atom is -0.352 e. The van der Waals surface area contributed by atoms with Crippen molar-refractivity contribution in [3.8, 4) is 0 Å². The van der Waals surface area contributed by atoms with Crippen LogP contribution in [-0.4, -0.2) is 21.6 Å². The maximum absolute atomic E-state index is 12.2. The number of carbonyl (C=O) groups is 1. The van der Waals surface area contributed by atoms with Gasteiger partial charge in [-0.3, -0.25) is 14.2 Å². The van der Waals surface area contributed by atoms with Crippen LogP contribution in [0.25, 0.3) is 6.08 Å². The van der Waals surface area contributed by atoms with E-state index in [4.69, 9.17) is 0 Å². The highest BCUT2D eigenvalue weighted by Crippen LogP contribution is 2.43. The SMILES string of the molecule is Cn1cc(/C=C/C(=O)NCC2(c3ccccc3)CCC2)c(=O)n(C)c1=O. The number of hydrogen-bond acceptors (Lipinski definition) is 3. The van der Waals surface area contributed by atoms with Crippen molar-refractivity contribution in [2.75, 3.05) is 6.54 Å². The lowest BCUT2D eigenvalue weighted by atomic mass is 9.64. The summed E-state index contributed by atoms with van der Waals surface area (Å²) in [5.74, 6) is -0.247. The van der Waals surface area contributed by atoms with Crippen LogP contribution in [0.15, 0.2) is 52.2 Å². The molecule has 1 aliphatic carbocycles. The fraction of sp³-hybridized carbons (Fsp3) is 0.350. The maximum Gasteiger partial charge on any atom is 0.330 e. The Bertz CT molecular complexity index is 951. The van der Waals surface area contributed by atoms with Crippen molar-refractivity contribution in [2.24, 2.45) is 14.1 Å². The van der Waals surface area contributed by atoms with Crippen LogP contribution in [0.3, 0.4) is 0 Å². The number of aryl methyl sites for hydroxylation is 1. The van der Waals surface area contributed by atoms with E-state index < -0.39 is 11.2 Å². The first kappa shape index (κ1) is 17.9. The normalized spacial score (nSPS) is 15.6. The van der Waals surface area contributed by atoms with E-state index in [1.807, 2.05) is 18.2 Å². The van der Waals surface area contributed by atoms with Crippen molar-refractivity contribution in [1.29, 1.82) is 0 Å². The molecule has 1 aliphatic rings. The minimum absolute atomic E-state index is 0.0114. The van der Waals surface area contributed by atoms with Gasteiger partial charge in [-0.25, -0.2) is 4.79 Å². The van der Waals surface area contributed by atoms with E-state index in [1.54, 1.807) is 7.05 Å². The van der Waals surface area contributed by atoms with Gasteiger partial charge in [0.15, 0.2) is 0 Å². The lowest BCUT2D eigenvalue weighted by Gasteiger charge is -2.42. The lowest BCUT2D eigenvalue weighted by Crippen LogP contribution is -2.45. The van der Waals surface area contributed by atoms with Crippen molar-refractivity contribution in [1.82, 2.24) is 14.5 Å². The highest BCUT2D eigenvalue weighted by Gasteiger charge is 2.38. The van der Waals surface area contributed by atoms with Gasteiger partial charge in [-0.15, -0.1) is 0 Å². The zero-order valence-corrected chi connectivity index (χ0v) is 15.1. The van der Waals surface area contributed by atoms with Crippen molar-refractivity contribution in [2.45, 2.75) is 24.7 Å². The predicted octanol–water partition coefficient (Wildman–Crippen LogP) is 1.34. The Kier molecular flexibility index (Phi) is 4.93. The van der Waals surface area contributed by atoms with Crippen LogP contribution in [0.2, 0.25) is 0 Å². The summed E-state index contributed by atoms with van der Waals surface area (Å²) >= 11 is 0. The second-order valence-electron chi connectivity index (χ2n) is 6.89. The van der Waals surface area contributed by atoms with Crippen molar-refractivity contribution in [3.63, 3.8) is 0 Å². The molecule has 6 heteroatoms. The summed E-state index contributed by atoms with van der Waals surface area (Å²) in [5, 5.41) is 2.95. The summed E-state index contributed by atoms with van der Waals surface area (Å²) < 4.78 is 2.34. The number of nitrogens with zero attached hydrogens (tertiary/aromatic N) is 2. The molecule has 0 atom stereocenters. The van der Waals surface area contributed by atoms with Gasteiger partial charge >= 0.3 is 5.69 Å². The van der Waals surface area contributed by atoms with Crippen molar-refractivity contribution >= 4 is 12.0 Å². The molecule has 1 heterocycles. The smallest absolute Gasteiger partial charge is 0.330 e. The van der Waals surface area contributed by atoms with Crippen LogP contribution in [0.5, 0.6) is 0 Å². The Hall–Kier alpha value is -2.89. The average molecular weight is 353 g/mol. The molecule has 1 aromatic heterocycles.